The Morgan fingerprint density at radius 3 is 2.81 bits per heavy atom. The van der Waals surface area contributed by atoms with Crippen LogP contribution in [-0.4, -0.2) is 74.2 Å². The van der Waals surface area contributed by atoms with Crippen LogP contribution in [0.1, 0.15) is 78.6 Å². The fraction of sp³-hybridized carbons (Fsp3) is 0.647. The molecule has 1 aliphatic heterocycles. The SMILES string of the molecule is C=C(CCC1C=CCC(CC)=C(OC)C1C)Nc1nc(=C/C)/c(=C\CCOCCCCC(=O)N2CCCN(C)CC2)s1. The van der Waals surface area contributed by atoms with Crippen molar-refractivity contribution in [2.24, 2.45) is 11.8 Å². The van der Waals surface area contributed by atoms with Gasteiger partial charge in [0.1, 0.15) is 0 Å². The van der Waals surface area contributed by atoms with Crippen LogP contribution in [0.25, 0.3) is 12.2 Å². The zero-order valence-electron chi connectivity index (χ0n) is 26.8. The molecular weight excluding hydrogens is 544 g/mol. The smallest absolute Gasteiger partial charge is 0.222 e. The highest BCUT2D eigenvalue weighted by atomic mass is 32.1. The van der Waals surface area contributed by atoms with Crippen molar-refractivity contribution in [3.05, 3.63) is 45.6 Å². The Morgan fingerprint density at radius 2 is 2.05 bits per heavy atom. The van der Waals surface area contributed by atoms with Crippen molar-refractivity contribution in [1.82, 2.24) is 14.8 Å². The van der Waals surface area contributed by atoms with Crippen LogP contribution in [0.5, 0.6) is 0 Å². The van der Waals surface area contributed by atoms with E-state index in [2.05, 4.69) is 62.0 Å². The van der Waals surface area contributed by atoms with Gasteiger partial charge in [-0.05, 0) is 83.4 Å². The van der Waals surface area contributed by atoms with E-state index in [1.807, 2.05) is 11.8 Å². The van der Waals surface area contributed by atoms with Gasteiger partial charge in [0.25, 0.3) is 0 Å². The number of nitrogens with one attached hydrogen (secondary N) is 1. The number of anilines is 1. The number of aromatic nitrogens is 1. The van der Waals surface area contributed by atoms with Gasteiger partial charge in [0.15, 0.2) is 5.13 Å². The Balaban J connectivity index is 1.37. The van der Waals surface area contributed by atoms with E-state index in [4.69, 9.17) is 14.5 Å². The number of allylic oxidation sites excluding steroid dienone is 5. The molecule has 0 spiro atoms. The maximum atomic E-state index is 12.5. The number of amides is 1. The zero-order valence-corrected chi connectivity index (χ0v) is 27.6. The summed E-state index contributed by atoms with van der Waals surface area (Å²) >= 11 is 1.66. The maximum Gasteiger partial charge on any atom is 0.222 e. The van der Waals surface area contributed by atoms with E-state index < -0.39 is 0 Å². The van der Waals surface area contributed by atoms with Crippen LogP contribution >= 0.6 is 11.3 Å². The molecule has 2 aliphatic rings. The van der Waals surface area contributed by atoms with Crippen molar-refractivity contribution in [3.8, 4) is 0 Å². The highest BCUT2D eigenvalue weighted by molar-refractivity contribution is 7.13. The summed E-state index contributed by atoms with van der Waals surface area (Å²) in [5.41, 5.74) is 2.40. The lowest BCUT2D eigenvalue weighted by Crippen LogP contribution is -2.34. The molecule has 1 aromatic rings. The van der Waals surface area contributed by atoms with Gasteiger partial charge < -0.3 is 24.6 Å². The number of carbonyl (C=O) groups is 1. The molecule has 0 saturated carbocycles. The van der Waals surface area contributed by atoms with Crippen molar-refractivity contribution in [3.63, 3.8) is 0 Å². The Hall–Kier alpha value is -2.42. The molecule has 2 heterocycles. The van der Waals surface area contributed by atoms with Gasteiger partial charge in [-0.25, -0.2) is 4.98 Å². The van der Waals surface area contributed by atoms with Gasteiger partial charge >= 0.3 is 0 Å². The first-order valence-corrected chi connectivity index (χ1v) is 16.7. The van der Waals surface area contributed by atoms with E-state index in [-0.39, 0.29) is 5.91 Å². The Labute approximate surface area is 258 Å². The Kier molecular flexibility index (Phi) is 14.8. The molecule has 1 aliphatic carbocycles. The van der Waals surface area contributed by atoms with E-state index in [0.717, 1.165) is 104 Å². The molecule has 1 aromatic heterocycles. The molecule has 0 radical (unpaired) electrons. The van der Waals surface area contributed by atoms with Gasteiger partial charge in [0, 0.05) is 44.3 Å². The monoisotopic (exact) mass is 598 g/mol. The zero-order chi connectivity index (χ0) is 30.3. The first-order valence-electron chi connectivity index (χ1n) is 15.9. The quantitative estimate of drug-likeness (QED) is 0.207. The summed E-state index contributed by atoms with van der Waals surface area (Å²) in [6.07, 6.45) is 17.2. The molecule has 7 nitrogen and oxygen atoms in total. The van der Waals surface area contributed by atoms with Gasteiger partial charge in [-0.3, -0.25) is 4.79 Å². The van der Waals surface area contributed by atoms with Crippen LogP contribution in [-0.2, 0) is 14.3 Å². The van der Waals surface area contributed by atoms with Crippen molar-refractivity contribution in [1.29, 1.82) is 0 Å². The van der Waals surface area contributed by atoms with E-state index in [1.165, 1.54) is 5.57 Å². The summed E-state index contributed by atoms with van der Waals surface area (Å²) in [6, 6.07) is 0. The molecule has 2 unspecified atom stereocenters. The van der Waals surface area contributed by atoms with Crippen molar-refractivity contribution in [2.75, 3.05) is 58.9 Å². The van der Waals surface area contributed by atoms with Crippen molar-refractivity contribution >= 4 is 34.5 Å². The predicted octanol–water partition coefficient (Wildman–Crippen LogP) is 5.69. The summed E-state index contributed by atoms with van der Waals surface area (Å²) in [6.45, 7) is 16.0. The number of unbranched alkanes of at least 4 members (excludes halogenated alkanes) is 1. The molecule has 0 aromatic carbocycles. The third-order valence-electron chi connectivity index (χ3n) is 8.41. The van der Waals surface area contributed by atoms with Crippen LogP contribution in [0.4, 0.5) is 5.13 Å². The van der Waals surface area contributed by atoms with E-state index in [9.17, 15) is 4.79 Å². The highest BCUT2D eigenvalue weighted by Gasteiger charge is 2.24. The predicted molar refractivity (Wildman–Crippen MR) is 177 cm³/mol. The van der Waals surface area contributed by atoms with Crippen LogP contribution in [0.2, 0.25) is 0 Å². The second kappa shape index (κ2) is 18.3. The molecule has 1 fully saturated rings. The number of thiazole rings is 1. The number of nitrogens with zero attached hydrogens (tertiary/aromatic N) is 3. The number of hydrogen-bond donors (Lipinski definition) is 1. The lowest BCUT2D eigenvalue weighted by Gasteiger charge is -2.23. The van der Waals surface area contributed by atoms with Crippen molar-refractivity contribution in [2.45, 2.75) is 78.6 Å². The van der Waals surface area contributed by atoms with Crippen LogP contribution in [0, 0.1) is 11.8 Å². The Bertz CT molecular complexity index is 1190. The van der Waals surface area contributed by atoms with Crippen LogP contribution in [0.3, 0.4) is 0 Å². The third-order valence-corrected chi connectivity index (χ3v) is 9.39. The van der Waals surface area contributed by atoms with Crippen LogP contribution < -0.4 is 15.2 Å². The van der Waals surface area contributed by atoms with E-state index >= 15 is 0 Å². The number of ether oxygens (including phenoxy) is 2. The summed E-state index contributed by atoms with van der Waals surface area (Å²) in [7, 11) is 3.93. The lowest BCUT2D eigenvalue weighted by atomic mass is 9.87. The van der Waals surface area contributed by atoms with Crippen LogP contribution in [0.15, 0.2) is 35.8 Å². The number of rotatable bonds is 15. The summed E-state index contributed by atoms with van der Waals surface area (Å²) in [5, 5.41) is 5.34. The van der Waals surface area contributed by atoms with Gasteiger partial charge in [-0.15, -0.1) is 0 Å². The number of likely N-dealkylation sites (N-methyl/N-ethyl adjacent to an activating group) is 1. The third kappa shape index (κ3) is 10.7. The molecule has 1 saturated heterocycles. The van der Waals surface area contributed by atoms with E-state index in [1.54, 1.807) is 18.4 Å². The van der Waals surface area contributed by atoms with Gasteiger partial charge in [0.05, 0.1) is 29.4 Å². The molecule has 8 heteroatoms. The highest BCUT2D eigenvalue weighted by Crippen LogP contribution is 2.34. The molecule has 1 amide bonds. The minimum absolute atomic E-state index is 0.290. The molecule has 1 N–H and O–H groups in total. The van der Waals surface area contributed by atoms with Gasteiger partial charge in [-0.2, -0.15) is 0 Å². The Morgan fingerprint density at radius 1 is 1.21 bits per heavy atom. The average molecular weight is 599 g/mol. The fourth-order valence-electron chi connectivity index (χ4n) is 5.78. The molecule has 3 rings (SSSR count). The summed E-state index contributed by atoms with van der Waals surface area (Å²) in [5.74, 6) is 2.25. The molecular formula is C34H54N4O3S. The molecule has 0 bridgehead atoms. The first kappa shape index (κ1) is 34.1. The second-order valence-corrected chi connectivity index (χ2v) is 12.6. The molecule has 2 atom stereocenters. The van der Waals surface area contributed by atoms with Gasteiger partial charge in [0.2, 0.25) is 5.91 Å². The second-order valence-electron chi connectivity index (χ2n) is 11.5. The number of carbonyl (C=O) groups excluding carboxylic acids is 1. The summed E-state index contributed by atoms with van der Waals surface area (Å²) in [4.78, 5) is 21.6. The lowest BCUT2D eigenvalue weighted by molar-refractivity contribution is -0.131. The topological polar surface area (TPSA) is 66.9 Å². The largest absolute Gasteiger partial charge is 0.501 e. The standard InChI is InChI=1S/C34H54N4O3S/c1-7-28-14-11-15-29(27(4)33(28)40-6)19-18-26(3)35-34-36-30(8-2)31(42-34)16-12-25-41-24-10-9-17-32(39)38-21-13-20-37(5)22-23-38/h8,11,15-16,27,29H,3,7,9-10,12-14,17-25H2,1-2,4-6H3,(H,35,36)/b30-8+,31-16+. The molecule has 234 valence electrons. The van der Waals surface area contributed by atoms with Gasteiger partial charge in [-0.1, -0.05) is 56.1 Å². The minimum Gasteiger partial charge on any atom is -0.501 e. The normalized spacial score (nSPS) is 21.0. The minimum atomic E-state index is 0.290. The summed E-state index contributed by atoms with van der Waals surface area (Å²) < 4.78 is 12.8. The first-order chi connectivity index (χ1) is 20.4. The van der Waals surface area contributed by atoms with Crippen molar-refractivity contribution < 1.29 is 14.3 Å². The molecule has 42 heavy (non-hydrogen) atoms. The number of methoxy groups -OCH3 is 1. The fourth-order valence-corrected chi connectivity index (χ4v) is 6.80. The number of hydrogen-bond acceptors (Lipinski definition) is 7. The maximum absolute atomic E-state index is 12.5. The van der Waals surface area contributed by atoms with E-state index in [0.29, 0.717) is 31.5 Å². The average Bonchev–Trinajstić information content (AvgIpc) is 3.12.